The van der Waals surface area contributed by atoms with E-state index in [4.69, 9.17) is 4.42 Å². The van der Waals surface area contributed by atoms with E-state index in [1.807, 2.05) is 39.8 Å². The Kier molecular flexibility index (Phi) is 7.20. The van der Waals surface area contributed by atoms with E-state index < -0.39 is 0 Å². The van der Waals surface area contributed by atoms with Gasteiger partial charge in [0.2, 0.25) is 0 Å². The molecule has 0 saturated heterocycles. The van der Waals surface area contributed by atoms with E-state index in [9.17, 15) is 0 Å². The quantitative estimate of drug-likeness (QED) is 0.159. The van der Waals surface area contributed by atoms with Crippen molar-refractivity contribution < 1.29 is 4.42 Å². The molecule has 0 N–H and O–H groups in total. The van der Waals surface area contributed by atoms with Crippen molar-refractivity contribution in [3.05, 3.63) is 131 Å². The zero-order chi connectivity index (χ0) is 28.5. The summed E-state index contributed by atoms with van der Waals surface area (Å²) in [6.45, 7) is 10.1. The molecule has 41 heavy (non-hydrogen) atoms. The highest BCUT2D eigenvalue weighted by molar-refractivity contribution is 6.26. The largest absolute Gasteiger partial charge is 0.456 e. The van der Waals surface area contributed by atoms with Crippen LogP contribution >= 0.6 is 0 Å². The second-order valence-corrected chi connectivity index (χ2v) is 10.6. The van der Waals surface area contributed by atoms with Crippen molar-refractivity contribution in [2.45, 2.75) is 41.0 Å². The highest BCUT2D eigenvalue weighted by Crippen LogP contribution is 2.42. The van der Waals surface area contributed by atoms with Crippen molar-refractivity contribution in [3.8, 4) is 11.3 Å². The Bertz CT molecular complexity index is 2040. The predicted octanol–water partition coefficient (Wildman–Crippen LogP) is 12.0. The Morgan fingerprint density at radius 1 is 0.659 bits per heavy atom. The summed E-state index contributed by atoms with van der Waals surface area (Å²) in [5.41, 5.74) is 8.79. The molecule has 0 atom stereocenters. The third-order valence-electron chi connectivity index (χ3n) is 8.01. The predicted molar refractivity (Wildman–Crippen MR) is 180 cm³/mol. The molecule has 0 amide bonds. The van der Waals surface area contributed by atoms with Crippen LogP contribution in [-0.2, 0) is 6.42 Å². The zero-order valence-corrected chi connectivity index (χ0v) is 24.6. The van der Waals surface area contributed by atoms with Crippen LogP contribution in [0.4, 0.5) is 0 Å². The zero-order valence-electron chi connectivity index (χ0n) is 24.6. The average Bonchev–Trinajstić information content (AvgIpc) is 3.65. The standard InChI is InChI=1S/C34H22O.C4H8.C2H6/c1-20-6-7-24-19-32(35-31(24)14-20)29-12-10-21-8-9-25-17-28(18-26-11-13-30(29)34(21)33(25)26)27-15-22-4-2-3-5-23(22)16-27;1-3-4-2;1-2/h2-15,17-19H,16H2,1H3;3-4H,1-2H3;1-2H3/b;4-3-;. The van der Waals surface area contributed by atoms with Gasteiger partial charge in [0.25, 0.3) is 0 Å². The fourth-order valence-corrected chi connectivity index (χ4v) is 5.96. The van der Waals surface area contributed by atoms with E-state index in [0.717, 1.165) is 28.7 Å². The van der Waals surface area contributed by atoms with E-state index >= 15 is 0 Å². The van der Waals surface area contributed by atoms with Crippen molar-refractivity contribution in [1.82, 2.24) is 0 Å². The maximum Gasteiger partial charge on any atom is 0.136 e. The van der Waals surface area contributed by atoms with Crippen molar-refractivity contribution in [2.24, 2.45) is 0 Å². The first-order valence-corrected chi connectivity index (χ1v) is 14.7. The molecule has 0 bridgehead atoms. The smallest absolute Gasteiger partial charge is 0.136 e. The van der Waals surface area contributed by atoms with Gasteiger partial charge in [-0.3, -0.25) is 0 Å². The number of allylic oxidation sites excluding steroid dienone is 3. The van der Waals surface area contributed by atoms with Crippen molar-refractivity contribution in [2.75, 3.05) is 0 Å². The minimum atomic E-state index is 0.929. The van der Waals surface area contributed by atoms with E-state index in [-0.39, 0.29) is 0 Å². The van der Waals surface area contributed by atoms with Gasteiger partial charge in [0.15, 0.2) is 0 Å². The second-order valence-electron chi connectivity index (χ2n) is 10.6. The Morgan fingerprint density at radius 2 is 1.34 bits per heavy atom. The summed E-state index contributed by atoms with van der Waals surface area (Å²) in [4.78, 5) is 0. The Morgan fingerprint density at radius 3 is 2.10 bits per heavy atom. The minimum Gasteiger partial charge on any atom is -0.456 e. The van der Waals surface area contributed by atoms with Gasteiger partial charge < -0.3 is 4.42 Å². The van der Waals surface area contributed by atoms with Crippen LogP contribution in [0.1, 0.15) is 49.9 Å². The molecule has 8 rings (SSSR count). The first-order valence-electron chi connectivity index (χ1n) is 14.7. The fourth-order valence-electron chi connectivity index (χ4n) is 5.96. The number of aryl methyl sites for hydroxylation is 1. The number of fused-ring (bicyclic) bond motifs is 2. The van der Waals surface area contributed by atoms with Gasteiger partial charge in [-0.2, -0.15) is 0 Å². The maximum absolute atomic E-state index is 6.34. The lowest BCUT2D eigenvalue weighted by molar-refractivity contribution is 0.632. The van der Waals surface area contributed by atoms with Gasteiger partial charge in [-0.1, -0.05) is 98.8 Å². The molecule has 0 unspecified atom stereocenters. The lowest BCUT2D eigenvalue weighted by Gasteiger charge is -2.15. The maximum atomic E-state index is 6.34. The van der Waals surface area contributed by atoms with Crippen molar-refractivity contribution >= 4 is 54.9 Å². The first-order chi connectivity index (χ1) is 20.1. The Labute approximate surface area is 242 Å². The minimum absolute atomic E-state index is 0.929. The SMILES string of the molecule is C/C=C\C.CC.Cc1ccc2cc(-c3ccc4ccc5cc(C6=Cc7ccccc7C6)cc6ccc3c4c56)oc2c1. The first kappa shape index (κ1) is 26.6. The Balaban J connectivity index is 0.000000467. The molecule has 0 saturated carbocycles. The molecule has 1 nitrogen and oxygen atoms in total. The van der Waals surface area contributed by atoms with Gasteiger partial charge in [-0.05, 0) is 118 Å². The number of hydrogen-bond acceptors (Lipinski definition) is 1. The van der Waals surface area contributed by atoms with E-state index in [1.165, 1.54) is 60.1 Å². The molecular formula is C40H36O. The third kappa shape index (κ3) is 4.72. The molecule has 1 heterocycles. The van der Waals surface area contributed by atoms with E-state index in [2.05, 4.69) is 110 Å². The van der Waals surface area contributed by atoms with Gasteiger partial charge in [0, 0.05) is 10.9 Å². The molecule has 1 aliphatic carbocycles. The number of benzene rings is 6. The van der Waals surface area contributed by atoms with Crippen LogP contribution in [-0.4, -0.2) is 0 Å². The number of hydrogen-bond donors (Lipinski definition) is 0. The summed E-state index contributed by atoms with van der Waals surface area (Å²) >= 11 is 0. The molecular weight excluding hydrogens is 496 g/mol. The molecule has 1 aromatic heterocycles. The summed E-state index contributed by atoms with van der Waals surface area (Å²) in [6, 6.07) is 35.6. The molecule has 7 aromatic rings. The van der Waals surface area contributed by atoms with Crippen molar-refractivity contribution in [3.63, 3.8) is 0 Å². The monoisotopic (exact) mass is 532 g/mol. The second kappa shape index (κ2) is 11.1. The number of furan rings is 1. The summed E-state index contributed by atoms with van der Waals surface area (Å²) in [5.74, 6) is 0.929. The summed E-state index contributed by atoms with van der Waals surface area (Å²) in [6.07, 6.45) is 7.35. The van der Waals surface area contributed by atoms with Gasteiger partial charge >= 0.3 is 0 Å². The highest BCUT2D eigenvalue weighted by Gasteiger charge is 2.18. The van der Waals surface area contributed by atoms with Crippen molar-refractivity contribution in [1.29, 1.82) is 0 Å². The van der Waals surface area contributed by atoms with Gasteiger partial charge in [0.05, 0.1) is 0 Å². The lowest BCUT2D eigenvalue weighted by atomic mass is 9.89. The molecule has 1 heteroatoms. The fraction of sp³-hybridized carbons (Fsp3) is 0.150. The Hall–Kier alpha value is -4.62. The van der Waals surface area contributed by atoms with E-state index in [0.29, 0.717) is 0 Å². The third-order valence-corrected chi connectivity index (χ3v) is 8.01. The molecule has 202 valence electrons. The van der Waals surface area contributed by atoms with Gasteiger partial charge in [0.1, 0.15) is 11.3 Å². The van der Waals surface area contributed by atoms with Crippen LogP contribution in [0.25, 0.3) is 66.3 Å². The number of rotatable bonds is 2. The highest BCUT2D eigenvalue weighted by atomic mass is 16.3. The van der Waals surface area contributed by atoms with Crippen LogP contribution in [0.2, 0.25) is 0 Å². The van der Waals surface area contributed by atoms with Gasteiger partial charge in [-0.25, -0.2) is 0 Å². The van der Waals surface area contributed by atoms with Crippen LogP contribution in [0, 0.1) is 6.92 Å². The van der Waals surface area contributed by atoms with Crippen LogP contribution in [0.3, 0.4) is 0 Å². The molecule has 0 fully saturated rings. The topological polar surface area (TPSA) is 13.1 Å². The van der Waals surface area contributed by atoms with Gasteiger partial charge in [-0.15, -0.1) is 0 Å². The molecule has 1 aliphatic rings. The average molecular weight is 533 g/mol. The van der Waals surface area contributed by atoms with Crippen LogP contribution in [0.15, 0.2) is 114 Å². The summed E-state index contributed by atoms with van der Waals surface area (Å²) in [7, 11) is 0. The molecule has 0 radical (unpaired) electrons. The lowest BCUT2D eigenvalue weighted by Crippen LogP contribution is -1.90. The normalized spacial score (nSPS) is 12.5. The molecule has 0 aliphatic heterocycles. The molecule has 6 aromatic carbocycles. The summed E-state index contributed by atoms with van der Waals surface area (Å²) in [5, 5.41) is 8.92. The van der Waals surface area contributed by atoms with E-state index in [1.54, 1.807) is 0 Å². The van der Waals surface area contributed by atoms with Crippen LogP contribution in [0.5, 0.6) is 0 Å². The summed E-state index contributed by atoms with van der Waals surface area (Å²) < 4.78 is 6.34. The van der Waals surface area contributed by atoms with Crippen LogP contribution < -0.4 is 0 Å². The molecule has 0 spiro atoms.